The Morgan fingerprint density at radius 2 is 1.92 bits per heavy atom. The van der Waals surface area contributed by atoms with Crippen LogP contribution in [0.4, 0.5) is 4.79 Å². The minimum atomic E-state index is -0.546. The Labute approximate surface area is 140 Å². The second-order valence-corrected chi connectivity index (χ2v) is 4.84. The number of nitrogens with one attached hydrogen (secondary N) is 2. The molecule has 2 amide bonds. The van der Waals surface area contributed by atoms with E-state index in [1.807, 2.05) is 0 Å². The maximum atomic E-state index is 11.9. The van der Waals surface area contributed by atoms with Crippen LogP contribution in [0.1, 0.15) is 10.4 Å². The van der Waals surface area contributed by atoms with Gasteiger partial charge in [-0.3, -0.25) is 9.78 Å². The highest BCUT2D eigenvalue weighted by atomic mass is 16.5. The Bertz CT molecular complexity index is 701. The van der Waals surface area contributed by atoms with Crippen LogP contribution in [0, 0.1) is 0 Å². The monoisotopic (exact) mass is 329 g/mol. The maximum Gasteiger partial charge on any atom is 0.412 e. The number of amides is 2. The molecule has 7 heteroatoms. The lowest BCUT2D eigenvalue weighted by molar-refractivity contribution is 0.0937. The van der Waals surface area contributed by atoms with Gasteiger partial charge in [-0.25, -0.2) is 4.79 Å². The van der Waals surface area contributed by atoms with Crippen molar-refractivity contribution < 1.29 is 19.1 Å². The summed E-state index contributed by atoms with van der Waals surface area (Å²) in [5.74, 6) is 0.226. The quantitative estimate of drug-likeness (QED) is 0.789. The van der Waals surface area contributed by atoms with Gasteiger partial charge < -0.3 is 20.1 Å². The summed E-state index contributed by atoms with van der Waals surface area (Å²) < 4.78 is 9.97. The van der Waals surface area contributed by atoms with Crippen molar-refractivity contribution in [3.63, 3.8) is 0 Å². The van der Waals surface area contributed by atoms with Crippen LogP contribution in [0.15, 0.2) is 42.6 Å². The van der Waals surface area contributed by atoms with Crippen molar-refractivity contribution in [3.05, 3.63) is 48.2 Å². The van der Waals surface area contributed by atoms with Crippen molar-refractivity contribution in [1.82, 2.24) is 15.6 Å². The SMILES string of the molecule is CNC(=O)Oc1ccnc(-c2ccc(C(=O)NCCOC)cc2)c1. The number of methoxy groups -OCH3 is 1. The molecule has 0 aliphatic heterocycles. The third kappa shape index (κ3) is 4.79. The van der Waals surface area contributed by atoms with Gasteiger partial charge in [0, 0.05) is 44.1 Å². The van der Waals surface area contributed by atoms with E-state index < -0.39 is 6.09 Å². The summed E-state index contributed by atoms with van der Waals surface area (Å²) in [5.41, 5.74) is 2.00. The van der Waals surface area contributed by atoms with Gasteiger partial charge in [0.1, 0.15) is 5.75 Å². The predicted octanol–water partition coefficient (Wildman–Crippen LogP) is 1.84. The molecule has 1 aromatic carbocycles. The smallest absolute Gasteiger partial charge is 0.410 e. The summed E-state index contributed by atoms with van der Waals surface area (Å²) in [6.45, 7) is 0.920. The Morgan fingerprint density at radius 1 is 1.17 bits per heavy atom. The molecular formula is C17H19N3O4. The lowest BCUT2D eigenvalue weighted by Gasteiger charge is -2.07. The molecule has 0 bridgehead atoms. The van der Waals surface area contributed by atoms with Gasteiger partial charge in [0.2, 0.25) is 0 Å². The Kier molecular flexibility index (Phi) is 6.27. The van der Waals surface area contributed by atoms with Crippen molar-refractivity contribution >= 4 is 12.0 Å². The second kappa shape index (κ2) is 8.64. The number of carbonyl (C=O) groups excluding carboxylic acids is 2. The van der Waals surface area contributed by atoms with Crippen LogP contribution in [-0.2, 0) is 4.74 Å². The lowest BCUT2D eigenvalue weighted by atomic mass is 10.1. The first kappa shape index (κ1) is 17.4. The summed E-state index contributed by atoms with van der Waals surface area (Å²) in [4.78, 5) is 27.4. The van der Waals surface area contributed by atoms with Gasteiger partial charge in [0.05, 0.1) is 12.3 Å². The van der Waals surface area contributed by atoms with Crippen LogP contribution < -0.4 is 15.4 Å². The minimum Gasteiger partial charge on any atom is -0.410 e. The van der Waals surface area contributed by atoms with Gasteiger partial charge in [-0.2, -0.15) is 0 Å². The number of hydrogen-bond acceptors (Lipinski definition) is 5. The third-order valence-corrected chi connectivity index (χ3v) is 3.18. The number of ether oxygens (including phenoxy) is 2. The molecular weight excluding hydrogens is 310 g/mol. The highest BCUT2D eigenvalue weighted by Gasteiger charge is 2.08. The third-order valence-electron chi connectivity index (χ3n) is 3.18. The van der Waals surface area contributed by atoms with Gasteiger partial charge in [-0.15, -0.1) is 0 Å². The molecule has 0 unspecified atom stereocenters. The summed E-state index contributed by atoms with van der Waals surface area (Å²) >= 11 is 0. The van der Waals surface area contributed by atoms with E-state index in [0.717, 1.165) is 5.56 Å². The first-order chi connectivity index (χ1) is 11.6. The first-order valence-electron chi connectivity index (χ1n) is 7.37. The highest BCUT2D eigenvalue weighted by molar-refractivity contribution is 5.94. The normalized spacial score (nSPS) is 10.1. The highest BCUT2D eigenvalue weighted by Crippen LogP contribution is 2.22. The molecule has 2 N–H and O–H groups in total. The molecule has 0 fully saturated rings. The zero-order valence-corrected chi connectivity index (χ0v) is 13.5. The molecule has 0 radical (unpaired) electrons. The minimum absolute atomic E-state index is 0.164. The van der Waals surface area contributed by atoms with E-state index in [9.17, 15) is 9.59 Å². The average Bonchev–Trinajstić information content (AvgIpc) is 2.62. The van der Waals surface area contributed by atoms with E-state index >= 15 is 0 Å². The van der Waals surface area contributed by atoms with E-state index in [4.69, 9.17) is 9.47 Å². The number of rotatable bonds is 6. The molecule has 1 heterocycles. The van der Waals surface area contributed by atoms with Crippen LogP contribution in [0.25, 0.3) is 11.3 Å². The van der Waals surface area contributed by atoms with Crippen LogP contribution in [0.3, 0.4) is 0 Å². The molecule has 0 aliphatic rings. The zero-order chi connectivity index (χ0) is 17.4. The van der Waals surface area contributed by atoms with Gasteiger partial charge in [-0.1, -0.05) is 12.1 Å². The van der Waals surface area contributed by atoms with E-state index in [1.165, 1.54) is 7.05 Å². The largest absolute Gasteiger partial charge is 0.412 e. The standard InChI is InChI=1S/C17H19N3O4/c1-18-17(22)24-14-7-8-19-15(11-14)12-3-5-13(6-4-12)16(21)20-9-10-23-2/h3-8,11H,9-10H2,1-2H3,(H,18,22)(H,20,21). The molecule has 0 aliphatic carbocycles. The maximum absolute atomic E-state index is 11.9. The van der Waals surface area contributed by atoms with Crippen LogP contribution in [0.2, 0.25) is 0 Å². The molecule has 24 heavy (non-hydrogen) atoms. The van der Waals surface area contributed by atoms with Gasteiger partial charge in [0.15, 0.2) is 0 Å². The fourth-order valence-corrected chi connectivity index (χ4v) is 1.95. The Morgan fingerprint density at radius 3 is 2.58 bits per heavy atom. The molecule has 0 saturated carbocycles. The fourth-order valence-electron chi connectivity index (χ4n) is 1.95. The second-order valence-electron chi connectivity index (χ2n) is 4.84. The fraction of sp³-hybridized carbons (Fsp3) is 0.235. The lowest BCUT2D eigenvalue weighted by Crippen LogP contribution is -2.26. The van der Waals surface area contributed by atoms with Crippen molar-refractivity contribution in [1.29, 1.82) is 0 Å². The van der Waals surface area contributed by atoms with E-state index in [-0.39, 0.29) is 5.91 Å². The van der Waals surface area contributed by atoms with Crippen molar-refractivity contribution in [2.75, 3.05) is 27.3 Å². The molecule has 126 valence electrons. The van der Waals surface area contributed by atoms with Crippen molar-refractivity contribution in [2.24, 2.45) is 0 Å². The van der Waals surface area contributed by atoms with Gasteiger partial charge in [0.25, 0.3) is 5.91 Å². The summed E-state index contributed by atoms with van der Waals surface area (Å²) in [7, 11) is 3.07. The zero-order valence-electron chi connectivity index (χ0n) is 13.5. The average molecular weight is 329 g/mol. The Hall–Kier alpha value is -2.93. The van der Waals surface area contributed by atoms with Crippen LogP contribution >= 0.6 is 0 Å². The number of benzene rings is 1. The van der Waals surface area contributed by atoms with E-state index in [0.29, 0.717) is 30.2 Å². The van der Waals surface area contributed by atoms with Crippen LogP contribution in [0.5, 0.6) is 5.75 Å². The predicted molar refractivity (Wildman–Crippen MR) is 89.0 cm³/mol. The molecule has 0 saturated heterocycles. The Balaban J connectivity index is 2.09. The molecule has 7 nitrogen and oxygen atoms in total. The number of carbonyl (C=O) groups is 2. The van der Waals surface area contributed by atoms with E-state index in [2.05, 4.69) is 15.6 Å². The molecule has 1 aromatic heterocycles. The summed E-state index contributed by atoms with van der Waals surface area (Å²) in [6.07, 6.45) is 1.01. The van der Waals surface area contributed by atoms with Crippen molar-refractivity contribution in [3.8, 4) is 17.0 Å². The van der Waals surface area contributed by atoms with E-state index in [1.54, 1.807) is 49.7 Å². The number of nitrogens with zero attached hydrogens (tertiary/aromatic N) is 1. The number of pyridine rings is 1. The number of aromatic nitrogens is 1. The summed E-state index contributed by atoms with van der Waals surface area (Å²) in [5, 5.41) is 5.13. The molecule has 2 rings (SSSR count). The van der Waals surface area contributed by atoms with Gasteiger partial charge in [-0.05, 0) is 18.2 Å². The molecule has 2 aromatic rings. The first-order valence-corrected chi connectivity index (χ1v) is 7.37. The molecule has 0 atom stereocenters. The summed E-state index contributed by atoms with van der Waals surface area (Å²) in [6, 6.07) is 10.3. The number of hydrogen-bond donors (Lipinski definition) is 2. The van der Waals surface area contributed by atoms with Crippen LogP contribution in [-0.4, -0.2) is 44.3 Å². The van der Waals surface area contributed by atoms with Crippen molar-refractivity contribution in [2.45, 2.75) is 0 Å². The topological polar surface area (TPSA) is 89.5 Å². The molecule has 0 spiro atoms. The van der Waals surface area contributed by atoms with Gasteiger partial charge >= 0.3 is 6.09 Å².